The number of carboxylic acids is 1. The number of rotatable bonds is 4. The third-order valence-electron chi connectivity index (χ3n) is 3.56. The van der Waals surface area contributed by atoms with Crippen LogP contribution in [0.5, 0.6) is 0 Å². The maximum Gasteiger partial charge on any atom is 0.344 e. The van der Waals surface area contributed by atoms with E-state index in [1.54, 1.807) is 4.68 Å². The number of hydrogen-bond acceptors (Lipinski definition) is 4. The molecule has 0 aliphatic heterocycles. The maximum absolute atomic E-state index is 11.7. The molecule has 0 amide bonds. The number of carboxylic acid groups (broad SMARTS) is 1. The number of H-pyrrole nitrogens is 1. The Hall–Kier alpha value is -2.38. The van der Waals surface area contributed by atoms with Gasteiger partial charge in [-0.25, -0.2) is 14.7 Å². The molecule has 0 unspecified atom stereocenters. The van der Waals surface area contributed by atoms with Crippen molar-refractivity contribution in [2.24, 2.45) is 0 Å². The Bertz CT molecular complexity index is 709. The van der Waals surface area contributed by atoms with Crippen LogP contribution >= 0.6 is 0 Å². The molecule has 0 aliphatic carbocycles. The molecular weight excluding hydrogens is 262 g/mol. The van der Waals surface area contributed by atoms with Gasteiger partial charge in [0.1, 0.15) is 12.6 Å². The topological polar surface area (TPSA) is 106 Å². The Kier molecular flexibility index (Phi) is 3.47. The number of nitrogens with one attached hydrogen (secondary N) is 1. The molecule has 1 atom stereocenters. The molecule has 8 heteroatoms. The quantitative estimate of drug-likeness (QED) is 0.842. The van der Waals surface area contributed by atoms with Crippen LogP contribution in [0, 0.1) is 20.8 Å². The van der Waals surface area contributed by atoms with Crippen molar-refractivity contribution in [2.45, 2.75) is 40.3 Å². The summed E-state index contributed by atoms with van der Waals surface area (Å²) in [5, 5.41) is 19.6. The van der Waals surface area contributed by atoms with Gasteiger partial charge in [0, 0.05) is 5.69 Å². The number of aliphatic carboxylic acids is 1. The summed E-state index contributed by atoms with van der Waals surface area (Å²) in [6.45, 7) is 7.47. The monoisotopic (exact) mass is 279 g/mol. The fraction of sp³-hybridized carbons (Fsp3) is 0.500. The van der Waals surface area contributed by atoms with Gasteiger partial charge >= 0.3 is 11.7 Å². The minimum atomic E-state index is -1.08. The number of hydrogen-bond donors (Lipinski definition) is 2. The molecule has 0 spiro atoms. The highest BCUT2D eigenvalue weighted by molar-refractivity contribution is 5.71. The van der Waals surface area contributed by atoms with Gasteiger partial charge in [-0.05, 0) is 33.3 Å². The number of aromatic nitrogens is 5. The predicted octanol–water partition coefficient (Wildman–Crippen LogP) is 0.387. The highest BCUT2D eigenvalue weighted by atomic mass is 16.4. The number of carbonyl (C=O) groups is 1. The van der Waals surface area contributed by atoms with Crippen LogP contribution in [0.25, 0.3) is 0 Å². The summed E-state index contributed by atoms with van der Waals surface area (Å²) in [4.78, 5) is 22.7. The lowest BCUT2D eigenvalue weighted by atomic mass is 10.2. The third-order valence-corrected chi connectivity index (χ3v) is 3.56. The van der Waals surface area contributed by atoms with Crippen LogP contribution in [0.3, 0.4) is 0 Å². The van der Waals surface area contributed by atoms with Gasteiger partial charge in [-0.1, -0.05) is 0 Å². The maximum atomic E-state index is 11.7. The van der Waals surface area contributed by atoms with E-state index in [2.05, 4.69) is 15.3 Å². The Balaban J connectivity index is 2.42. The van der Waals surface area contributed by atoms with Gasteiger partial charge in [0.25, 0.3) is 0 Å². The van der Waals surface area contributed by atoms with E-state index in [4.69, 9.17) is 5.11 Å². The van der Waals surface area contributed by atoms with Gasteiger partial charge in [-0.3, -0.25) is 9.25 Å². The van der Waals surface area contributed by atoms with E-state index in [0.29, 0.717) is 5.82 Å². The van der Waals surface area contributed by atoms with Crippen molar-refractivity contribution < 1.29 is 9.90 Å². The average Bonchev–Trinajstić information content (AvgIpc) is 2.85. The molecule has 108 valence electrons. The molecule has 2 aromatic rings. The fourth-order valence-electron chi connectivity index (χ4n) is 2.03. The van der Waals surface area contributed by atoms with Gasteiger partial charge in [0.2, 0.25) is 0 Å². The van der Waals surface area contributed by atoms with Crippen LogP contribution in [0.1, 0.15) is 35.7 Å². The molecular formula is C12H17N5O3. The number of aryl methyl sites for hydroxylation is 1. The van der Waals surface area contributed by atoms with E-state index in [9.17, 15) is 9.59 Å². The Labute approximate surface area is 115 Å². The fourth-order valence-corrected chi connectivity index (χ4v) is 2.03. The van der Waals surface area contributed by atoms with Crippen molar-refractivity contribution in [1.82, 2.24) is 24.5 Å². The van der Waals surface area contributed by atoms with Gasteiger partial charge in [0.15, 0.2) is 5.82 Å². The Morgan fingerprint density at radius 2 is 2.05 bits per heavy atom. The Morgan fingerprint density at radius 3 is 2.55 bits per heavy atom. The molecule has 0 bridgehead atoms. The van der Waals surface area contributed by atoms with Crippen LogP contribution in [-0.4, -0.2) is 35.6 Å². The smallest absolute Gasteiger partial charge is 0.344 e. The minimum Gasteiger partial charge on any atom is -0.480 e. The minimum absolute atomic E-state index is 0.247. The summed E-state index contributed by atoms with van der Waals surface area (Å²) in [5.41, 5.74) is 2.40. The molecule has 2 heterocycles. The van der Waals surface area contributed by atoms with Gasteiger partial charge in [-0.2, -0.15) is 10.2 Å². The highest BCUT2D eigenvalue weighted by Crippen LogP contribution is 2.13. The average molecular weight is 279 g/mol. The van der Waals surface area contributed by atoms with Crippen molar-refractivity contribution in [3.63, 3.8) is 0 Å². The van der Waals surface area contributed by atoms with Crippen LogP contribution in [0.15, 0.2) is 4.79 Å². The lowest BCUT2D eigenvalue weighted by molar-refractivity contribution is -0.140. The summed E-state index contributed by atoms with van der Waals surface area (Å²) in [7, 11) is 0. The lowest BCUT2D eigenvalue weighted by Crippen LogP contribution is -2.28. The number of nitrogens with zero attached hydrogens (tertiary/aromatic N) is 4. The summed E-state index contributed by atoms with van der Waals surface area (Å²) in [6, 6.07) is -0.977. The van der Waals surface area contributed by atoms with Crippen molar-refractivity contribution in [2.75, 3.05) is 0 Å². The van der Waals surface area contributed by atoms with Crippen molar-refractivity contribution in [3.8, 4) is 0 Å². The van der Waals surface area contributed by atoms with Crippen LogP contribution in [0.2, 0.25) is 0 Å². The molecule has 8 nitrogen and oxygen atoms in total. The normalized spacial score (nSPS) is 12.6. The van der Waals surface area contributed by atoms with Crippen LogP contribution in [0.4, 0.5) is 0 Å². The first-order chi connectivity index (χ1) is 9.32. The summed E-state index contributed by atoms with van der Waals surface area (Å²) < 4.78 is 2.85. The third kappa shape index (κ3) is 2.24. The van der Waals surface area contributed by atoms with Gasteiger partial charge in [0.05, 0.1) is 5.69 Å². The molecule has 2 N–H and O–H groups in total. The van der Waals surface area contributed by atoms with E-state index >= 15 is 0 Å². The van der Waals surface area contributed by atoms with Crippen LogP contribution in [-0.2, 0) is 11.3 Å². The van der Waals surface area contributed by atoms with E-state index < -0.39 is 17.7 Å². The zero-order valence-corrected chi connectivity index (χ0v) is 11.8. The second-order valence-electron chi connectivity index (χ2n) is 4.78. The molecule has 20 heavy (non-hydrogen) atoms. The van der Waals surface area contributed by atoms with Crippen molar-refractivity contribution >= 4 is 5.97 Å². The number of aromatic amines is 1. The largest absolute Gasteiger partial charge is 0.480 e. The second-order valence-corrected chi connectivity index (χ2v) is 4.78. The molecule has 2 rings (SSSR count). The lowest BCUT2D eigenvalue weighted by Gasteiger charge is -2.10. The zero-order chi connectivity index (χ0) is 15.0. The first kappa shape index (κ1) is 14.0. The molecule has 0 radical (unpaired) electrons. The van der Waals surface area contributed by atoms with E-state index in [-0.39, 0.29) is 6.54 Å². The predicted molar refractivity (Wildman–Crippen MR) is 70.7 cm³/mol. The van der Waals surface area contributed by atoms with Crippen LogP contribution < -0.4 is 5.69 Å². The van der Waals surface area contributed by atoms with E-state index in [0.717, 1.165) is 21.5 Å². The van der Waals surface area contributed by atoms with E-state index in [1.807, 2.05) is 20.8 Å². The standard InChI is InChI=1S/C12H17N5O3/c1-6-7(2)15-16(8(6)3)5-10-13-14-12(20)17(10)9(4)11(18)19/h9H,5H2,1-4H3,(H,14,20)(H,18,19)/t9-/m1/s1. The first-order valence-corrected chi connectivity index (χ1v) is 6.22. The second kappa shape index (κ2) is 4.95. The SMILES string of the molecule is Cc1nn(Cc2n[nH]c(=O)n2[C@H](C)C(=O)O)c(C)c1C. The van der Waals surface area contributed by atoms with Crippen molar-refractivity contribution in [3.05, 3.63) is 33.3 Å². The van der Waals surface area contributed by atoms with Gasteiger partial charge in [-0.15, -0.1) is 0 Å². The molecule has 2 aromatic heterocycles. The van der Waals surface area contributed by atoms with Gasteiger partial charge < -0.3 is 5.11 Å². The molecule has 0 fully saturated rings. The van der Waals surface area contributed by atoms with E-state index in [1.165, 1.54) is 6.92 Å². The molecule has 0 saturated heterocycles. The summed E-state index contributed by atoms with van der Waals surface area (Å²) in [5.74, 6) is -0.741. The Morgan fingerprint density at radius 1 is 1.40 bits per heavy atom. The zero-order valence-electron chi connectivity index (χ0n) is 11.8. The molecule has 0 aromatic carbocycles. The summed E-state index contributed by atoms with van der Waals surface area (Å²) in [6.07, 6.45) is 0. The summed E-state index contributed by atoms with van der Waals surface area (Å²) >= 11 is 0. The molecule has 0 saturated carbocycles. The van der Waals surface area contributed by atoms with Crippen molar-refractivity contribution in [1.29, 1.82) is 0 Å². The first-order valence-electron chi connectivity index (χ1n) is 6.22. The molecule has 0 aliphatic rings. The highest BCUT2D eigenvalue weighted by Gasteiger charge is 2.21.